The van der Waals surface area contributed by atoms with Crippen LogP contribution >= 0.6 is 0 Å². The highest BCUT2D eigenvalue weighted by molar-refractivity contribution is 5.81. The molecule has 17 heavy (non-hydrogen) atoms. The van der Waals surface area contributed by atoms with Crippen LogP contribution < -0.4 is 5.32 Å². The fourth-order valence-corrected chi connectivity index (χ4v) is 2.24. The largest absolute Gasteiger partial charge is 0.464 e. The van der Waals surface area contributed by atoms with Gasteiger partial charge in [0.25, 0.3) is 0 Å². The van der Waals surface area contributed by atoms with Gasteiger partial charge in [-0.1, -0.05) is 38.5 Å². The summed E-state index contributed by atoms with van der Waals surface area (Å²) in [5, 5.41) is 4.85. The summed E-state index contributed by atoms with van der Waals surface area (Å²) in [6.07, 6.45) is 5.41. The topological polar surface area (TPSA) is 25.2 Å². The van der Waals surface area contributed by atoms with Gasteiger partial charge in [0.2, 0.25) is 0 Å². The Kier molecular flexibility index (Phi) is 4.21. The van der Waals surface area contributed by atoms with E-state index in [2.05, 4.69) is 31.3 Å². The average Bonchev–Trinajstić information content (AvgIpc) is 2.78. The lowest BCUT2D eigenvalue weighted by atomic mass is 10.0. The first-order valence-corrected chi connectivity index (χ1v) is 6.56. The number of fused-ring (bicyclic) bond motifs is 1. The van der Waals surface area contributed by atoms with Crippen LogP contribution in [0.3, 0.4) is 0 Å². The van der Waals surface area contributed by atoms with Crippen LogP contribution in [0.4, 0.5) is 0 Å². The number of rotatable bonds is 6. The zero-order chi connectivity index (χ0) is 12.1. The van der Waals surface area contributed by atoms with Crippen molar-refractivity contribution in [3.63, 3.8) is 0 Å². The van der Waals surface area contributed by atoms with Crippen molar-refractivity contribution in [1.82, 2.24) is 5.32 Å². The smallest absolute Gasteiger partial charge is 0.134 e. The average molecular weight is 231 g/mol. The van der Waals surface area contributed by atoms with Crippen molar-refractivity contribution in [3.05, 3.63) is 36.1 Å². The molecule has 0 fully saturated rings. The summed E-state index contributed by atoms with van der Waals surface area (Å²) in [6.45, 7) is 5.48. The summed E-state index contributed by atoms with van der Waals surface area (Å²) in [5.74, 6) is 0. The maximum absolute atomic E-state index is 5.62. The zero-order valence-electron chi connectivity index (χ0n) is 10.7. The number of furan rings is 1. The second-order valence-corrected chi connectivity index (χ2v) is 4.48. The lowest BCUT2D eigenvalue weighted by Gasteiger charge is -2.16. The predicted octanol–water partition coefficient (Wildman–Crippen LogP) is 4.27. The summed E-state index contributed by atoms with van der Waals surface area (Å²) in [4.78, 5) is 0. The minimum atomic E-state index is 0.420. The van der Waals surface area contributed by atoms with E-state index in [1.807, 2.05) is 18.4 Å². The van der Waals surface area contributed by atoms with Crippen LogP contribution in [0.1, 0.15) is 44.7 Å². The van der Waals surface area contributed by atoms with Gasteiger partial charge in [0.15, 0.2) is 0 Å². The summed E-state index contributed by atoms with van der Waals surface area (Å²) in [5.41, 5.74) is 2.29. The maximum atomic E-state index is 5.62. The highest BCUT2D eigenvalue weighted by Gasteiger charge is 2.15. The third-order valence-corrected chi connectivity index (χ3v) is 3.10. The van der Waals surface area contributed by atoms with E-state index in [1.165, 1.54) is 17.4 Å². The third kappa shape index (κ3) is 2.70. The molecule has 0 spiro atoms. The minimum Gasteiger partial charge on any atom is -0.464 e. The van der Waals surface area contributed by atoms with Crippen molar-refractivity contribution in [1.29, 1.82) is 0 Å². The molecule has 0 aliphatic rings. The molecule has 0 saturated heterocycles. The fraction of sp³-hybridized carbons (Fsp3) is 0.467. The lowest BCUT2D eigenvalue weighted by molar-refractivity contribution is 0.488. The van der Waals surface area contributed by atoms with Crippen LogP contribution in [0.5, 0.6) is 0 Å². The maximum Gasteiger partial charge on any atom is 0.134 e. The number of benzene rings is 1. The van der Waals surface area contributed by atoms with E-state index in [-0.39, 0.29) is 0 Å². The first-order valence-electron chi connectivity index (χ1n) is 6.56. The molecule has 0 bridgehead atoms. The van der Waals surface area contributed by atoms with Crippen molar-refractivity contribution >= 4 is 11.0 Å². The van der Waals surface area contributed by atoms with Gasteiger partial charge in [-0.3, -0.25) is 0 Å². The molecule has 1 atom stereocenters. The van der Waals surface area contributed by atoms with Crippen LogP contribution in [0.25, 0.3) is 11.0 Å². The Morgan fingerprint density at radius 1 is 1.18 bits per heavy atom. The van der Waals surface area contributed by atoms with Crippen molar-refractivity contribution in [2.75, 3.05) is 6.54 Å². The number of nitrogens with one attached hydrogen (secondary N) is 1. The Morgan fingerprint density at radius 3 is 2.76 bits per heavy atom. The molecule has 0 aliphatic heterocycles. The van der Waals surface area contributed by atoms with Crippen LogP contribution in [0, 0.1) is 0 Å². The minimum absolute atomic E-state index is 0.420. The molecule has 2 heteroatoms. The molecule has 2 rings (SSSR count). The first kappa shape index (κ1) is 12.2. The molecule has 2 aromatic rings. The van der Waals surface area contributed by atoms with E-state index >= 15 is 0 Å². The summed E-state index contributed by atoms with van der Waals surface area (Å²) < 4.78 is 5.62. The second kappa shape index (κ2) is 5.87. The molecule has 1 N–H and O–H groups in total. The molecular weight excluding hydrogens is 210 g/mol. The van der Waals surface area contributed by atoms with Crippen molar-refractivity contribution in [2.24, 2.45) is 0 Å². The first-order chi connectivity index (χ1) is 8.36. The van der Waals surface area contributed by atoms with E-state index in [0.29, 0.717) is 6.04 Å². The zero-order valence-corrected chi connectivity index (χ0v) is 10.7. The van der Waals surface area contributed by atoms with Gasteiger partial charge in [-0.15, -0.1) is 0 Å². The SMILES string of the molecule is CCCNC(CCC)c1coc2ccccc12. The Labute approximate surface area is 103 Å². The van der Waals surface area contributed by atoms with Crippen LogP contribution in [0.2, 0.25) is 0 Å². The van der Waals surface area contributed by atoms with Gasteiger partial charge in [-0.05, 0) is 25.5 Å². The summed E-state index contributed by atoms with van der Waals surface area (Å²) in [6, 6.07) is 8.68. The summed E-state index contributed by atoms with van der Waals surface area (Å²) >= 11 is 0. The molecule has 0 saturated carbocycles. The Bertz CT molecular complexity index is 461. The molecule has 1 aromatic heterocycles. The molecular formula is C15H21NO. The van der Waals surface area contributed by atoms with Gasteiger partial charge in [-0.2, -0.15) is 0 Å². The van der Waals surface area contributed by atoms with E-state index in [0.717, 1.165) is 25.0 Å². The quantitative estimate of drug-likeness (QED) is 0.803. The van der Waals surface area contributed by atoms with E-state index in [4.69, 9.17) is 4.42 Å². The van der Waals surface area contributed by atoms with E-state index in [9.17, 15) is 0 Å². The Morgan fingerprint density at radius 2 is 2.00 bits per heavy atom. The summed E-state index contributed by atoms with van der Waals surface area (Å²) in [7, 11) is 0. The van der Waals surface area contributed by atoms with Crippen LogP contribution in [0.15, 0.2) is 34.9 Å². The fourth-order valence-electron chi connectivity index (χ4n) is 2.24. The molecule has 0 amide bonds. The van der Waals surface area contributed by atoms with Gasteiger partial charge < -0.3 is 9.73 Å². The second-order valence-electron chi connectivity index (χ2n) is 4.48. The monoisotopic (exact) mass is 231 g/mol. The highest BCUT2D eigenvalue weighted by Crippen LogP contribution is 2.28. The lowest BCUT2D eigenvalue weighted by Crippen LogP contribution is -2.21. The molecule has 92 valence electrons. The van der Waals surface area contributed by atoms with E-state index in [1.54, 1.807) is 0 Å². The molecule has 1 unspecified atom stereocenters. The molecule has 2 nitrogen and oxygen atoms in total. The highest BCUT2D eigenvalue weighted by atomic mass is 16.3. The van der Waals surface area contributed by atoms with Gasteiger partial charge >= 0.3 is 0 Å². The van der Waals surface area contributed by atoms with Gasteiger partial charge in [-0.25, -0.2) is 0 Å². The normalized spacial score (nSPS) is 13.1. The molecule has 0 aliphatic carbocycles. The Hall–Kier alpha value is -1.28. The number of hydrogen-bond acceptors (Lipinski definition) is 2. The standard InChI is InChI=1S/C15H21NO/c1-3-7-14(16-10-4-2)13-11-17-15-9-6-5-8-12(13)15/h5-6,8-9,11,14,16H,3-4,7,10H2,1-2H3. The van der Waals surface area contributed by atoms with Crippen molar-refractivity contribution in [2.45, 2.75) is 39.2 Å². The Balaban J connectivity index is 2.27. The molecule has 1 aromatic carbocycles. The third-order valence-electron chi connectivity index (χ3n) is 3.10. The van der Waals surface area contributed by atoms with E-state index < -0.39 is 0 Å². The predicted molar refractivity (Wildman–Crippen MR) is 72.2 cm³/mol. The van der Waals surface area contributed by atoms with Gasteiger partial charge in [0, 0.05) is 17.0 Å². The number of para-hydroxylation sites is 1. The van der Waals surface area contributed by atoms with Crippen LogP contribution in [-0.2, 0) is 0 Å². The van der Waals surface area contributed by atoms with Crippen molar-refractivity contribution < 1.29 is 4.42 Å². The van der Waals surface area contributed by atoms with Crippen LogP contribution in [-0.4, -0.2) is 6.54 Å². The van der Waals surface area contributed by atoms with Gasteiger partial charge in [0.1, 0.15) is 5.58 Å². The van der Waals surface area contributed by atoms with Gasteiger partial charge in [0.05, 0.1) is 6.26 Å². The number of hydrogen-bond donors (Lipinski definition) is 1. The van der Waals surface area contributed by atoms with Crippen molar-refractivity contribution in [3.8, 4) is 0 Å². The molecule has 0 radical (unpaired) electrons. The molecule has 1 heterocycles.